The Morgan fingerprint density at radius 1 is 0.476 bits per heavy atom. The molecule has 1 fully saturated rings. The van der Waals surface area contributed by atoms with Crippen LogP contribution < -0.4 is 18.9 Å². The third kappa shape index (κ3) is 4.74. The van der Waals surface area contributed by atoms with Gasteiger partial charge in [-0.05, 0) is 47.5 Å². The molecular weight excluding hydrogens is 540 g/mol. The second-order valence-electron chi connectivity index (χ2n) is 10.6. The van der Waals surface area contributed by atoms with Gasteiger partial charge < -0.3 is 39.4 Å². The van der Waals surface area contributed by atoms with Crippen LogP contribution in [0.5, 0.6) is 46.0 Å². The van der Waals surface area contributed by atoms with Gasteiger partial charge in [-0.2, -0.15) is 0 Å². The lowest BCUT2D eigenvalue weighted by atomic mass is 9.93. The highest BCUT2D eigenvalue weighted by molar-refractivity contribution is 5.55. The van der Waals surface area contributed by atoms with Crippen LogP contribution in [0.1, 0.15) is 34.3 Å². The Bertz CT molecular complexity index is 1480. The zero-order valence-corrected chi connectivity index (χ0v) is 22.6. The summed E-state index contributed by atoms with van der Waals surface area (Å²) in [5, 5.41) is 42.0. The first-order valence-electron chi connectivity index (χ1n) is 13.8. The Labute approximate surface area is 242 Å². The summed E-state index contributed by atoms with van der Waals surface area (Å²) in [7, 11) is 0. The van der Waals surface area contributed by atoms with Crippen molar-refractivity contribution in [2.75, 3.05) is 39.8 Å². The number of nitrogens with zero attached hydrogens (tertiary/aromatic N) is 2. The molecule has 2 atom stereocenters. The number of aromatic hydroxyl groups is 4. The molecule has 1 saturated heterocycles. The highest BCUT2D eigenvalue weighted by Gasteiger charge is 2.34. The number of ether oxygens (including phenoxy) is 4. The topological polar surface area (TPSA) is 124 Å². The van der Waals surface area contributed by atoms with Crippen molar-refractivity contribution in [1.29, 1.82) is 0 Å². The lowest BCUT2D eigenvalue weighted by Crippen LogP contribution is -2.49. The monoisotopic (exact) mass is 570 g/mol. The van der Waals surface area contributed by atoms with E-state index in [0.29, 0.717) is 60.3 Å². The van der Waals surface area contributed by atoms with Crippen LogP contribution in [0.25, 0.3) is 0 Å². The molecule has 3 aliphatic rings. The fourth-order valence-electron chi connectivity index (χ4n) is 6.07. The molecule has 0 spiro atoms. The predicted molar refractivity (Wildman–Crippen MR) is 152 cm³/mol. The van der Waals surface area contributed by atoms with Gasteiger partial charge in [0.2, 0.25) is 13.6 Å². The third-order valence-electron chi connectivity index (χ3n) is 8.13. The standard InChI is InChI=1S/C32H30N2O8/c35-21-5-1-19(2-6-21)31(23-13-27-29(15-25(23)37)41-17-39-27)33-9-11-34(12-10-33)32(20-3-7-22(36)8-4-20)24-14-28-30(16-26(24)38)42-18-40-28/h1-8,13-16,31-32,35-38H,9-12,17-18H2/t31-,32-/m0/s1. The van der Waals surface area contributed by atoms with Gasteiger partial charge in [0, 0.05) is 49.4 Å². The van der Waals surface area contributed by atoms with E-state index in [-0.39, 0.29) is 48.7 Å². The number of hydrogen-bond acceptors (Lipinski definition) is 10. The minimum absolute atomic E-state index is 0.103. The van der Waals surface area contributed by atoms with Crippen LogP contribution in [-0.2, 0) is 0 Å². The molecule has 0 amide bonds. The molecule has 10 nitrogen and oxygen atoms in total. The van der Waals surface area contributed by atoms with E-state index in [1.165, 1.54) is 0 Å². The molecule has 4 aromatic rings. The maximum absolute atomic E-state index is 11.1. The van der Waals surface area contributed by atoms with Crippen molar-refractivity contribution in [1.82, 2.24) is 9.80 Å². The van der Waals surface area contributed by atoms with E-state index < -0.39 is 0 Å². The number of phenolic OH excluding ortho intramolecular Hbond substituents is 4. The molecular formula is C32H30N2O8. The molecule has 0 aromatic heterocycles. The summed E-state index contributed by atoms with van der Waals surface area (Å²) in [5.74, 6) is 2.71. The van der Waals surface area contributed by atoms with Crippen LogP contribution in [0.15, 0.2) is 72.8 Å². The lowest BCUT2D eigenvalue weighted by Gasteiger charge is -2.43. The Kier molecular flexibility index (Phi) is 6.56. The van der Waals surface area contributed by atoms with Gasteiger partial charge in [-0.1, -0.05) is 24.3 Å². The molecule has 4 N–H and O–H groups in total. The van der Waals surface area contributed by atoms with E-state index in [0.717, 1.165) is 11.1 Å². The molecule has 0 unspecified atom stereocenters. The summed E-state index contributed by atoms with van der Waals surface area (Å²) in [6, 6.07) is 20.2. The number of fused-ring (bicyclic) bond motifs is 2. The minimum atomic E-state index is -0.312. The molecule has 3 heterocycles. The molecule has 42 heavy (non-hydrogen) atoms. The largest absolute Gasteiger partial charge is 0.508 e. The molecule has 4 aromatic carbocycles. The van der Waals surface area contributed by atoms with Crippen molar-refractivity contribution in [3.05, 3.63) is 95.1 Å². The fourth-order valence-corrected chi connectivity index (χ4v) is 6.07. The van der Waals surface area contributed by atoms with Gasteiger partial charge in [0.1, 0.15) is 23.0 Å². The van der Waals surface area contributed by atoms with Gasteiger partial charge >= 0.3 is 0 Å². The maximum atomic E-state index is 11.1. The van der Waals surface area contributed by atoms with Crippen LogP contribution in [0.2, 0.25) is 0 Å². The number of phenols is 4. The van der Waals surface area contributed by atoms with E-state index in [4.69, 9.17) is 18.9 Å². The van der Waals surface area contributed by atoms with E-state index >= 15 is 0 Å². The van der Waals surface area contributed by atoms with Gasteiger partial charge in [0.05, 0.1) is 12.1 Å². The first-order valence-corrected chi connectivity index (χ1v) is 13.8. The average molecular weight is 571 g/mol. The van der Waals surface area contributed by atoms with Crippen LogP contribution in [0.3, 0.4) is 0 Å². The third-order valence-corrected chi connectivity index (χ3v) is 8.13. The van der Waals surface area contributed by atoms with Gasteiger partial charge in [0.15, 0.2) is 23.0 Å². The second kappa shape index (κ2) is 10.6. The fraction of sp³-hybridized carbons (Fsp3) is 0.250. The maximum Gasteiger partial charge on any atom is 0.231 e. The van der Waals surface area contributed by atoms with Crippen LogP contribution >= 0.6 is 0 Å². The molecule has 10 heteroatoms. The van der Waals surface area contributed by atoms with Crippen molar-refractivity contribution in [2.24, 2.45) is 0 Å². The van der Waals surface area contributed by atoms with Gasteiger partial charge in [-0.25, -0.2) is 0 Å². The van der Waals surface area contributed by atoms with E-state index in [9.17, 15) is 20.4 Å². The predicted octanol–water partition coefficient (Wildman–Crippen LogP) is 4.46. The molecule has 0 saturated carbocycles. The Morgan fingerprint density at radius 3 is 1.17 bits per heavy atom. The van der Waals surface area contributed by atoms with Gasteiger partial charge in [0.25, 0.3) is 0 Å². The Morgan fingerprint density at radius 2 is 0.810 bits per heavy atom. The quantitative estimate of drug-likeness (QED) is 0.264. The lowest BCUT2D eigenvalue weighted by molar-refractivity contribution is 0.0882. The first kappa shape index (κ1) is 26.1. The summed E-state index contributed by atoms with van der Waals surface area (Å²) in [4.78, 5) is 4.57. The number of piperazine rings is 1. The first-order chi connectivity index (χ1) is 20.4. The zero-order chi connectivity index (χ0) is 28.8. The Hall–Kier alpha value is -4.80. The Balaban J connectivity index is 1.22. The van der Waals surface area contributed by atoms with Crippen molar-refractivity contribution in [3.63, 3.8) is 0 Å². The molecule has 0 bridgehead atoms. The average Bonchev–Trinajstić information content (AvgIpc) is 3.65. The normalized spacial score (nSPS) is 17.7. The highest BCUT2D eigenvalue weighted by Crippen LogP contribution is 2.46. The van der Waals surface area contributed by atoms with Crippen molar-refractivity contribution in [3.8, 4) is 46.0 Å². The van der Waals surface area contributed by atoms with E-state index in [2.05, 4.69) is 9.80 Å². The van der Waals surface area contributed by atoms with Crippen molar-refractivity contribution in [2.45, 2.75) is 12.1 Å². The van der Waals surface area contributed by atoms with Crippen molar-refractivity contribution >= 4 is 0 Å². The molecule has 7 rings (SSSR count). The summed E-state index contributed by atoms with van der Waals surface area (Å²) in [6.07, 6.45) is 0. The van der Waals surface area contributed by atoms with Gasteiger partial charge in [-0.3, -0.25) is 9.80 Å². The van der Waals surface area contributed by atoms with Crippen LogP contribution in [0.4, 0.5) is 0 Å². The number of rotatable bonds is 6. The SMILES string of the molecule is Oc1ccc([C@@H](c2cc3c(cc2O)OCO3)N2CCN([C@@H](c3ccc(O)cc3)c3cc4c(cc3O)OCO4)CC2)cc1. The summed E-state index contributed by atoms with van der Waals surface area (Å²) >= 11 is 0. The van der Waals surface area contributed by atoms with Crippen molar-refractivity contribution < 1.29 is 39.4 Å². The smallest absolute Gasteiger partial charge is 0.231 e. The second-order valence-corrected chi connectivity index (χ2v) is 10.6. The minimum Gasteiger partial charge on any atom is -0.508 e. The summed E-state index contributed by atoms with van der Waals surface area (Å²) in [6.45, 7) is 2.76. The zero-order valence-electron chi connectivity index (χ0n) is 22.6. The number of benzene rings is 4. The molecule has 216 valence electrons. The summed E-state index contributed by atoms with van der Waals surface area (Å²) < 4.78 is 22.2. The van der Waals surface area contributed by atoms with E-state index in [1.54, 1.807) is 36.4 Å². The van der Waals surface area contributed by atoms with Crippen LogP contribution in [-0.4, -0.2) is 70.0 Å². The molecule has 3 aliphatic heterocycles. The molecule has 0 aliphatic carbocycles. The summed E-state index contributed by atoms with van der Waals surface area (Å²) in [5.41, 5.74) is 3.20. The highest BCUT2D eigenvalue weighted by atomic mass is 16.7. The number of hydrogen-bond donors (Lipinski definition) is 4. The molecule has 0 radical (unpaired) electrons. The van der Waals surface area contributed by atoms with Crippen LogP contribution in [0, 0.1) is 0 Å². The van der Waals surface area contributed by atoms with E-state index in [1.807, 2.05) is 36.4 Å². The van der Waals surface area contributed by atoms with Gasteiger partial charge in [-0.15, -0.1) is 0 Å².